The van der Waals surface area contributed by atoms with Crippen LogP contribution in [0.2, 0.25) is 0 Å². The van der Waals surface area contributed by atoms with Crippen molar-refractivity contribution in [2.24, 2.45) is 0 Å². The van der Waals surface area contributed by atoms with Gasteiger partial charge in [0.2, 0.25) is 0 Å². The van der Waals surface area contributed by atoms with E-state index in [1.807, 2.05) is 65.6 Å². The van der Waals surface area contributed by atoms with Gasteiger partial charge in [-0.05, 0) is 36.4 Å². The molecule has 5 heteroatoms. The van der Waals surface area contributed by atoms with Crippen molar-refractivity contribution in [1.82, 2.24) is 0 Å². The van der Waals surface area contributed by atoms with Crippen molar-refractivity contribution in [3.8, 4) is 0 Å². The van der Waals surface area contributed by atoms with Crippen molar-refractivity contribution in [3.05, 3.63) is 90.5 Å². The van der Waals surface area contributed by atoms with Crippen LogP contribution in [0, 0.1) is 11.6 Å². The van der Waals surface area contributed by atoms with Gasteiger partial charge in [0.05, 0.1) is 25.7 Å². The van der Waals surface area contributed by atoms with Crippen LogP contribution in [-0.2, 0) is 0 Å². The van der Waals surface area contributed by atoms with Crippen molar-refractivity contribution >= 4 is 17.1 Å². The monoisotopic (exact) mass is 351 g/mol. The molecule has 3 aromatic carbocycles. The Morgan fingerprint density at radius 1 is 0.577 bits per heavy atom. The predicted molar refractivity (Wildman–Crippen MR) is 101 cm³/mol. The van der Waals surface area contributed by atoms with Crippen LogP contribution in [0.5, 0.6) is 0 Å². The topological polar surface area (TPSA) is 9.72 Å². The lowest BCUT2D eigenvalue weighted by molar-refractivity contribution is 0.561. The fourth-order valence-electron chi connectivity index (χ4n) is 3.25. The highest BCUT2D eigenvalue weighted by atomic mass is 19.1. The van der Waals surface area contributed by atoms with Gasteiger partial charge in [-0.2, -0.15) is 0 Å². The van der Waals surface area contributed by atoms with E-state index >= 15 is 0 Å². The average Bonchev–Trinajstić information content (AvgIpc) is 2.69. The van der Waals surface area contributed by atoms with E-state index in [1.54, 1.807) is 0 Å². The van der Waals surface area contributed by atoms with Gasteiger partial charge in [0, 0.05) is 17.4 Å². The summed E-state index contributed by atoms with van der Waals surface area (Å²) in [6, 6.07) is 23.8. The van der Waals surface area contributed by atoms with Crippen LogP contribution in [0.1, 0.15) is 0 Å². The smallest absolute Gasteiger partial charge is 0.149 e. The largest absolute Gasteiger partial charge is 0.336 e. The van der Waals surface area contributed by atoms with Gasteiger partial charge in [0.15, 0.2) is 0 Å². The molecule has 0 atom stereocenters. The fraction of sp³-hybridized carbons (Fsp3) is 0.143. The molecule has 1 aliphatic heterocycles. The highest BCUT2D eigenvalue weighted by Crippen LogP contribution is 2.28. The molecule has 0 amide bonds. The summed E-state index contributed by atoms with van der Waals surface area (Å²) in [5.74, 6) is -1.11. The fourth-order valence-corrected chi connectivity index (χ4v) is 3.25. The van der Waals surface area contributed by atoms with Crippen molar-refractivity contribution < 1.29 is 8.78 Å². The quantitative estimate of drug-likeness (QED) is 0.679. The maximum absolute atomic E-state index is 14.4. The molecule has 0 spiro atoms. The number of hydrogen-bond acceptors (Lipinski definition) is 3. The first-order valence-electron chi connectivity index (χ1n) is 8.51. The van der Waals surface area contributed by atoms with E-state index in [0.717, 1.165) is 17.4 Å². The summed E-state index contributed by atoms with van der Waals surface area (Å²) in [7, 11) is 0. The molecule has 26 heavy (non-hydrogen) atoms. The summed E-state index contributed by atoms with van der Waals surface area (Å²) in [5, 5.41) is 0. The summed E-state index contributed by atoms with van der Waals surface area (Å²) in [6.45, 7) is 1.74. The van der Waals surface area contributed by atoms with E-state index in [9.17, 15) is 8.78 Å². The van der Waals surface area contributed by atoms with Gasteiger partial charge in [-0.25, -0.2) is 8.78 Å². The normalized spacial score (nSPS) is 14.6. The highest BCUT2D eigenvalue weighted by Gasteiger charge is 2.25. The van der Waals surface area contributed by atoms with E-state index in [1.165, 1.54) is 12.1 Å². The minimum absolute atomic E-state index is 0.396. The number of rotatable bonds is 3. The van der Waals surface area contributed by atoms with Crippen LogP contribution < -0.4 is 14.7 Å². The van der Waals surface area contributed by atoms with Crippen molar-refractivity contribution in [1.29, 1.82) is 0 Å². The van der Waals surface area contributed by atoms with E-state index in [4.69, 9.17) is 0 Å². The lowest BCUT2D eigenvalue weighted by Gasteiger charge is -2.45. The summed E-state index contributed by atoms with van der Waals surface area (Å²) in [4.78, 5) is 6.25. The molecule has 3 nitrogen and oxygen atoms in total. The summed E-state index contributed by atoms with van der Waals surface area (Å²) >= 11 is 0. The third-order valence-electron chi connectivity index (χ3n) is 4.52. The lowest BCUT2D eigenvalue weighted by atomic mass is 10.2. The molecule has 132 valence electrons. The van der Waals surface area contributed by atoms with E-state index in [0.29, 0.717) is 25.7 Å². The van der Waals surface area contributed by atoms with Crippen molar-refractivity contribution in [2.45, 2.75) is 0 Å². The van der Waals surface area contributed by atoms with Crippen LogP contribution in [0.3, 0.4) is 0 Å². The van der Waals surface area contributed by atoms with E-state index in [-0.39, 0.29) is 0 Å². The molecular formula is C21H19F2N3. The Balaban J connectivity index is 1.69. The van der Waals surface area contributed by atoms with Gasteiger partial charge in [-0.3, -0.25) is 0 Å². The Morgan fingerprint density at radius 2 is 1.08 bits per heavy atom. The lowest BCUT2D eigenvalue weighted by Crippen LogP contribution is -2.55. The Bertz CT molecular complexity index is 823. The molecule has 4 rings (SSSR count). The van der Waals surface area contributed by atoms with Crippen molar-refractivity contribution in [2.75, 3.05) is 34.7 Å². The summed E-state index contributed by atoms with van der Waals surface area (Å²) in [5.41, 5.74) is 2.51. The Labute approximate surface area is 151 Å². The number of hydrogen-bond donors (Lipinski definition) is 0. The number of benzene rings is 3. The van der Waals surface area contributed by atoms with Gasteiger partial charge >= 0.3 is 0 Å². The van der Waals surface area contributed by atoms with Crippen LogP contribution in [0.25, 0.3) is 0 Å². The number of halogens is 2. The van der Waals surface area contributed by atoms with Crippen LogP contribution in [-0.4, -0.2) is 20.0 Å². The van der Waals surface area contributed by atoms with Gasteiger partial charge in [-0.15, -0.1) is 0 Å². The van der Waals surface area contributed by atoms with Crippen LogP contribution in [0.15, 0.2) is 78.9 Å². The first kappa shape index (κ1) is 16.4. The Hall–Kier alpha value is -3.08. The third-order valence-corrected chi connectivity index (χ3v) is 4.52. The molecule has 1 heterocycles. The van der Waals surface area contributed by atoms with Gasteiger partial charge in [0.1, 0.15) is 11.6 Å². The van der Waals surface area contributed by atoms with Gasteiger partial charge < -0.3 is 14.7 Å². The summed E-state index contributed by atoms with van der Waals surface area (Å²) < 4.78 is 27.7. The number of nitrogens with zero attached hydrogens (tertiary/aromatic N) is 3. The molecule has 1 fully saturated rings. The zero-order chi connectivity index (χ0) is 17.9. The van der Waals surface area contributed by atoms with Gasteiger partial charge in [0.25, 0.3) is 0 Å². The zero-order valence-electron chi connectivity index (χ0n) is 14.2. The zero-order valence-corrected chi connectivity index (χ0v) is 14.2. The van der Waals surface area contributed by atoms with E-state index in [2.05, 4.69) is 9.80 Å². The first-order valence-corrected chi connectivity index (χ1v) is 8.51. The Kier molecular flexibility index (Phi) is 4.44. The second kappa shape index (κ2) is 7.04. The van der Waals surface area contributed by atoms with Crippen LogP contribution in [0.4, 0.5) is 25.8 Å². The van der Waals surface area contributed by atoms with Gasteiger partial charge in [-0.1, -0.05) is 36.4 Å². The van der Waals surface area contributed by atoms with Crippen molar-refractivity contribution in [3.63, 3.8) is 0 Å². The highest BCUT2D eigenvalue weighted by molar-refractivity contribution is 5.58. The standard InChI is InChI=1S/C21H19F2N3/c22-17-11-12-21(20(23)13-17)26-15-24(18-7-3-1-4-8-18)14-25(16-26)19-9-5-2-6-10-19/h1-13H,14-16H2. The van der Waals surface area contributed by atoms with Crippen LogP contribution >= 0.6 is 0 Å². The van der Waals surface area contributed by atoms with E-state index < -0.39 is 11.6 Å². The average molecular weight is 351 g/mol. The molecule has 0 saturated carbocycles. The SMILES string of the molecule is Fc1ccc(N2CN(c3ccccc3)CN(c3ccccc3)C2)c(F)c1. The molecule has 0 radical (unpaired) electrons. The molecule has 1 saturated heterocycles. The first-order chi connectivity index (χ1) is 12.7. The number of para-hydroxylation sites is 2. The second-order valence-electron chi connectivity index (χ2n) is 6.31. The molecule has 0 bridgehead atoms. The molecular weight excluding hydrogens is 332 g/mol. The molecule has 0 aliphatic carbocycles. The summed E-state index contributed by atoms with van der Waals surface area (Å²) in [6.07, 6.45) is 0. The maximum atomic E-state index is 14.4. The third kappa shape index (κ3) is 3.33. The minimum Gasteiger partial charge on any atom is -0.336 e. The second-order valence-corrected chi connectivity index (χ2v) is 6.31. The maximum Gasteiger partial charge on any atom is 0.149 e. The number of anilines is 3. The predicted octanol–water partition coefficient (Wildman–Crippen LogP) is 4.67. The minimum atomic E-state index is -0.567. The Morgan fingerprint density at radius 3 is 1.58 bits per heavy atom. The molecule has 3 aromatic rings. The molecule has 0 aromatic heterocycles. The molecule has 0 N–H and O–H groups in total. The molecule has 1 aliphatic rings. The molecule has 0 unspecified atom stereocenters.